The van der Waals surface area contributed by atoms with E-state index >= 15 is 0 Å². The molecular weight excluding hydrogens is 295 g/mol. The zero-order chi connectivity index (χ0) is 16.3. The zero-order valence-electron chi connectivity index (χ0n) is 12.4. The molecule has 0 aliphatic rings. The van der Waals surface area contributed by atoms with Crippen LogP contribution in [0, 0.1) is 0 Å². The summed E-state index contributed by atoms with van der Waals surface area (Å²) in [5, 5.41) is 12.5. The maximum atomic E-state index is 12.9. The molecule has 0 fully saturated rings. The summed E-state index contributed by atoms with van der Waals surface area (Å²) in [5.41, 5.74) is 1.09. The summed E-state index contributed by atoms with van der Waals surface area (Å²) in [6.45, 7) is 0.642. The van der Waals surface area contributed by atoms with Crippen LogP contribution in [-0.4, -0.2) is 26.8 Å². The third-order valence-electron chi connectivity index (χ3n) is 3.27. The largest absolute Gasteiger partial charge is 0.435 e. The van der Waals surface area contributed by atoms with Crippen molar-refractivity contribution in [2.45, 2.75) is 25.9 Å². The number of hydrogen-bond donors (Lipinski definition) is 1. The maximum absolute atomic E-state index is 12.9. The van der Waals surface area contributed by atoms with E-state index in [2.05, 4.69) is 5.10 Å². The summed E-state index contributed by atoms with van der Waals surface area (Å²) in [7, 11) is 3.24. The fourth-order valence-corrected chi connectivity index (χ4v) is 2.30. The lowest BCUT2D eigenvalue weighted by atomic mass is 10.1. The SMILES string of the molecule is CN(Cc1ccc(CO)cc1)Cc1cn(C)nc1C(F)(F)F. The highest BCUT2D eigenvalue weighted by Crippen LogP contribution is 2.31. The van der Waals surface area contributed by atoms with E-state index in [0.29, 0.717) is 6.54 Å². The number of aryl methyl sites for hydroxylation is 1. The molecule has 7 heteroatoms. The first-order valence-electron chi connectivity index (χ1n) is 6.76. The average Bonchev–Trinajstić information content (AvgIpc) is 2.80. The van der Waals surface area contributed by atoms with E-state index < -0.39 is 11.9 Å². The molecule has 1 aromatic carbocycles. The number of halogens is 3. The second kappa shape index (κ2) is 6.50. The van der Waals surface area contributed by atoms with E-state index in [-0.39, 0.29) is 18.7 Å². The lowest BCUT2D eigenvalue weighted by Crippen LogP contribution is -2.19. The number of aliphatic hydroxyl groups excluding tert-OH is 1. The molecule has 0 radical (unpaired) electrons. The molecule has 0 atom stereocenters. The van der Waals surface area contributed by atoms with Gasteiger partial charge >= 0.3 is 6.18 Å². The third kappa shape index (κ3) is 4.08. The fourth-order valence-electron chi connectivity index (χ4n) is 2.30. The Morgan fingerprint density at radius 2 is 1.73 bits per heavy atom. The van der Waals surface area contributed by atoms with E-state index in [0.717, 1.165) is 11.1 Å². The first-order valence-corrected chi connectivity index (χ1v) is 6.76. The Hall–Kier alpha value is -1.86. The van der Waals surface area contributed by atoms with Crippen LogP contribution in [0.15, 0.2) is 30.5 Å². The molecule has 0 unspecified atom stereocenters. The highest BCUT2D eigenvalue weighted by atomic mass is 19.4. The lowest BCUT2D eigenvalue weighted by molar-refractivity contribution is -0.142. The maximum Gasteiger partial charge on any atom is 0.435 e. The second-order valence-corrected chi connectivity index (χ2v) is 5.32. The fraction of sp³-hybridized carbons (Fsp3) is 0.400. The molecule has 120 valence electrons. The summed E-state index contributed by atoms with van der Waals surface area (Å²) in [5.74, 6) is 0. The smallest absolute Gasteiger partial charge is 0.392 e. The first kappa shape index (κ1) is 16.5. The van der Waals surface area contributed by atoms with Crippen LogP contribution in [0.3, 0.4) is 0 Å². The highest BCUT2D eigenvalue weighted by Gasteiger charge is 2.36. The molecule has 0 aliphatic heterocycles. The number of benzene rings is 1. The van der Waals surface area contributed by atoms with Crippen LogP contribution in [0.5, 0.6) is 0 Å². The summed E-state index contributed by atoms with van der Waals surface area (Å²) in [6.07, 6.45) is -3.05. The van der Waals surface area contributed by atoms with Crippen LogP contribution in [0.2, 0.25) is 0 Å². The van der Waals surface area contributed by atoms with E-state index in [1.54, 1.807) is 24.1 Å². The normalized spacial score (nSPS) is 12.1. The molecule has 0 saturated heterocycles. The summed E-state index contributed by atoms with van der Waals surface area (Å²) in [6, 6.07) is 7.31. The van der Waals surface area contributed by atoms with Crippen molar-refractivity contribution in [3.63, 3.8) is 0 Å². The Balaban J connectivity index is 2.07. The van der Waals surface area contributed by atoms with Gasteiger partial charge in [-0.25, -0.2) is 0 Å². The van der Waals surface area contributed by atoms with E-state index in [1.165, 1.54) is 17.9 Å². The first-order chi connectivity index (χ1) is 10.3. The van der Waals surface area contributed by atoms with Gasteiger partial charge in [0.25, 0.3) is 0 Å². The van der Waals surface area contributed by atoms with Gasteiger partial charge in [-0.15, -0.1) is 0 Å². The van der Waals surface area contributed by atoms with Crippen molar-refractivity contribution in [2.24, 2.45) is 7.05 Å². The molecule has 0 spiro atoms. The number of aliphatic hydroxyl groups is 1. The van der Waals surface area contributed by atoms with Gasteiger partial charge in [-0.2, -0.15) is 18.3 Å². The summed E-state index contributed by atoms with van der Waals surface area (Å²) < 4.78 is 39.9. The number of rotatable bonds is 5. The van der Waals surface area contributed by atoms with Crippen LogP contribution in [0.25, 0.3) is 0 Å². The highest BCUT2D eigenvalue weighted by molar-refractivity contribution is 5.23. The predicted octanol–water partition coefficient (Wildman–Crippen LogP) is 2.56. The Kier molecular flexibility index (Phi) is 4.87. The van der Waals surface area contributed by atoms with Crippen molar-refractivity contribution < 1.29 is 18.3 Å². The Morgan fingerprint density at radius 3 is 2.27 bits per heavy atom. The number of alkyl halides is 3. The Morgan fingerprint density at radius 1 is 1.14 bits per heavy atom. The van der Waals surface area contributed by atoms with Crippen LogP contribution in [0.1, 0.15) is 22.4 Å². The number of nitrogens with zero attached hydrogens (tertiary/aromatic N) is 3. The predicted molar refractivity (Wildman–Crippen MR) is 75.7 cm³/mol. The van der Waals surface area contributed by atoms with Crippen LogP contribution >= 0.6 is 0 Å². The van der Waals surface area contributed by atoms with Gasteiger partial charge in [0.2, 0.25) is 0 Å². The molecule has 1 aromatic heterocycles. The van der Waals surface area contributed by atoms with Crippen molar-refractivity contribution >= 4 is 0 Å². The average molecular weight is 313 g/mol. The van der Waals surface area contributed by atoms with Crippen molar-refractivity contribution in [3.8, 4) is 0 Å². The van der Waals surface area contributed by atoms with Gasteiger partial charge in [0.05, 0.1) is 6.61 Å². The molecule has 22 heavy (non-hydrogen) atoms. The molecule has 1 heterocycles. The van der Waals surface area contributed by atoms with Gasteiger partial charge in [0.1, 0.15) is 0 Å². The molecule has 4 nitrogen and oxygen atoms in total. The van der Waals surface area contributed by atoms with Crippen molar-refractivity contribution in [1.82, 2.24) is 14.7 Å². The topological polar surface area (TPSA) is 41.3 Å². The molecule has 1 N–H and O–H groups in total. The van der Waals surface area contributed by atoms with Gasteiger partial charge in [0, 0.05) is 31.9 Å². The lowest BCUT2D eigenvalue weighted by Gasteiger charge is -2.17. The van der Waals surface area contributed by atoms with Gasteiger partial charge in [-0.05, 0) is 18.2 Å². The summed E-state index contributed by atoms with van der Waals surface area (Å²) in [4.78, 5) is 1.79. The summed E-state index contributed by atoms with van der Waals surface area (Å²) >= 11 is 0. The van der Waals surface area contributed by atoms with Crippen LogP contribution in [-0.2, 0) is 32.9 Å². The molecule has 2 aromatic rings. The van der Waals surface area contributed by atoms with E-state index in [9.17, 15) is 13.2 Å². The minimum Gasteiger partial charge on any atom is -0.392 e. The van der Waals surface area contributed by atoms with Crippen molar-refractivity contribution in [1.29, 1.82) is 0 Å². The zero-order valence-corrected chi connectivity index (χ0v) is 12.4. The molecular formula is C15H18F3N3O. The Bertz CT molecular complexity index is 620. The van der Waals surface area contributed by atoms with Crippen LogP contribution in [0.4, 0.5) is 13.2 Å². The minimum atomic E-state index is -4.44. The van der Waals surface area contributed by atoms with E-state index in [1.807, 2.05) is 12.1 Å². The molecule has 0 aliphatic carbocycles. The molecule has 0 amide bonds. The van der Waals surface area contributed by atoms with Crippen molar-refractivity contribution in [2.75, 3.05) is 7.05 Å². The molecule has 0 bridgehead atoms. The number of aromatic nitrogens is 2. The van der Waals surface area contributed by atoms with Gasteiger partial charge in [0.15, 0.2) is 5.69 Å². The standard InChI is InChI=1S/C15H18F3N3O/c1-20(7-11-3-5-12(10-22)6-4-11)8-13-9-21(2)19-14(13)15(16,17)18/h3-6,9,22H,7-8,10H2,1-2H3. The van der Waals surface area contributed by atoms with Gasteiger partial charge < -0.3 is 5.11 Å². The number of hydrogen-bond acceptors (Lipinski definition) is 3. The molecule has 2 rings (SSSR count). The quantitative estimate of drug-likeness (QED) is 0.922. The second-order valence-electron chi connectivity index (χ2n) is 5.32. The van der Waals surface area contributed by atoms with Gasteiger partial charge in [-0.3, -0.25) is 9.58 Å². The van der Waals surface area contributed by atoms with Crippen LogP contribution < -0.4 is 0 Å². The van der Waals surface area contributed by atoms with Crippen molar-refractivity contribution in [3.05, 3.63) is 52.8 Å². The van der Waals surface area contributed by atoms with Gasteiger partial charge in [-0.1, -0.05) is 24.3 Å². The molecule has 0 saturated carbocycles. The Labute approximate surface area is 126 Å². The third-order valence-corrected chi connectivity index (χ3v) is 3.27. The monoisotopic (exact) mass is 313 g/mol. The van der Waals surface area contributed by atoms with E-state index in [4.69, 9.17) is 5.11 Å². The minimum absolute atomic E-state index is 0.0270.